The number of hydrogen-bond donors (Lipinski definition) is 1. The van der Waals surface area contributed by atoms with Crippen LogP contribution in [0.4, 0.5) is 10.2 Å². The van der Waals surface area contributed by atoms with Crippen molar-refractivity contribution in [3.8, 4) is 5.75 Å². The molecule has 1 aliphatic heterocycles. The van der Waals surface area contributed by atoms with Gasteiger partial charge in [0.05, 0.1) is 6.54 Å². The maximum atomic E-state index is 12.9. The van der Waals surface area contributed by atoms with Crippen molar-refractivity contribution in [1.82, 2.24) is 9.97 Å². The zero-order chi connectivity index (χ0) is 12.4. The number of para-hydroxylation sites is 1. The summed E-state index contributed by atoms with van der Waals surface area (Å²) >= 11 is 0. The number of nitrogens with zero attached hydrogens (tertiary/aromatic N) is 2. The van der Waals surface area contributed by atoms with Crippen molar-refractivity contribution in [2.24, 2.45) is 0 Å². The second-order valence-corrected chi connectivity index (χ2v) is 4.16. The van der Waals surface area contributed by atoms with E-state index in [0.717, 1.165) is 12.2 Å². The highest BCUT2D eigenvalue weighted by atomic mass is 19.1. The molecule has 3 rings (SSSR count). The quantitative estimate of drug-likeness (QED) is 0.840. The Morgan fingerprint density at radius 1 is 1.33 bits per heavy atom. The first-order valence-electron chi connectivity index (χ1n) is 5.77. The lowest BCUT2D eigenvalue weighted by Crippen LogP contribution is -2.24. The molecule has 1 unspecified atom stereocenters. The van der Waals surface area contributed by atoms with Crippen LogP contribution in [0, 0.1) is 5.95 Å². The molecule has 1 aromatic heterocycles. The zero-order valence-corrected chi connectivity index (χ0v) is 9.64. The molecule has 1 atom stereocenters. The van der Waals surface area contributed by atoms with Gasteiger partial charge in [0.25, 0.3) is 0 Å². The van der Waals surface area contributed by atoms with E-state index in [9.17, 15) is 4.39 Å². The molecule has 0 spiro atoms. The third-order valence-electron chi connectivity index (χ3n) is 2.86. The average molecular weight is 245 g/mol. The van der Waals surface area contributed by atoms with Crippen LogP contribution in [0.15, 0.2) is 36.7 Å². The molecule has 4 nitrogen and oxygen atoms in total. The van der Waals surface area contributed by atoms with Crippen LogP contribution < -0.4 is 10.1 Å². The van der Waals surface area contributed by atoms with Gasteiger partial charge < -0.3 is 10.1 Å². The Balaban J connectivity index is 1.60. The van der Waals surface area contributed by atoms with Gasteiger partial charge >= 0.3 is 0 Å². The van der Waals surface area contributed by atoms with Gasteiger partial charge in [0, 0.05) is 12.5 Å². The van der Waals surface area contributed by atoms with Crippen molar-refractivity contribution in [1.29, 1.82) is 0 Å². The highest BCUT2D eigenvalue weighted by molar-refractivity contribution is 5.38. The van der Waals surface area contributed by atoms with Gasteiger partial charge in [-0.15, -0.1) is 0 Å². The molecule has 1 aromatic carbocycles. The number of anilines is 1. The number of aromatic nitrogens is 2. The van der Waals surface area contributed by atoms with Crippen molar-refractivity contribution in [3.63, 3.8) is 0 Å². The first-order valence-corrected chi connectivity index (χ1v) is 5.77. The Labute approximate surface area is 104 Å². The lowest BCUT2D eigenvalue weighted by Gasteiger charge is -2.11. The summed E-state index contributed by atoms with van der Waals surface area (Å²) in [4.78, 5) is 7.33. The van der Waals surface area contributed by atoms with Crippen LogP contribution in [0.1, 0.15) is 5.56 Å². The lowest BCUT2D eigenvalue weighted by molar-refractivity contribution is 0.246. The lowest BCUT2D eigenvalue weighted by atomic mass is 10.1. The largest absolute Gasteiger partial charge is 0.488 e. The van der Waals surface area contributed by atoms with E-state index < -0.39 is 5.95 Å². The van der Waals surface area contributed by atoms with Gasteiger partial charge in [-0.05, 0) is 11.6 Å². The summed E-state index contributed by atoms with van der Waals surface area (Å²) in [6.45, 7) is 0.588. The predicted octanol–water partition coefficient (Wildman–Crippen LogP) is 2.03. The van der Waals surface area contributed by atoms with Crippen LogP contribution in [0.2, 0.25) is 0 Å². The summed E-state index contributed by atoms with van der Waals surface area (Å²) in [5.74, 6) is 0.864. The van der Waals surface area contributed by atoms with E-state index in [0.29, 0.717) is 12.4 Å². The molecule has 2 aromatic rings. The summed E-state index contributed by atoms with van der Waals surface area (Å²) in [5.41, 5.74) is 1.21. The van der Waals surface area contributed by atoms with Crippen molar-refractivity contribution >= 4 is 5.82 Å². The van der Waals surface area contributed by atoms with Gasteiger partial charge in [-0.3, -0.25) is 0 Å². The minimum Gasteiger partial charge on any atom is -0.488 e. The average Bonchev–Trinajstić information content (AvgIpc) is 2.79. The van der Waals surface area contributed by atoms with E-state index in [2.05, 4.69) is 21.4 Å². The molecule has 18 heavy (non-hydrogen) atoms. The molecule has 0 bridgehead atoms. The van der Waals surface area contributed by atoms with Crippen molar-refractivity contribution in [2.45, 2.75) is 12.5 Å². The summed E-state index contributed by atoms with van der Waals surface area (Å²) < 4.78 is 18.6. The summed E-state index contributed by atoms with van der Waals surface area (Å²) in [6.07, 6.45) is 2.11. The molecule has 92 valence electrons. The van der Waals surface area contributed by atoms with Gasteiger partial charge in [0.2, 0.25) is 5.95 Å². The van der Waals surface area contributed by atoms with E-state index in [1.54, 1.807) is 0 Å². The second kappa shape index (κ2) is 4.60. The SMILES string of the molecule is Fc1cc(NCC2Cc3ccccc3O2)ncn1. The predicted molar refractivity (Wildman–Crippen MR) is 65.0 cm³/mol. The van der Waals surface area contributed by atoms with Crippen molar-refractivity contribution < 1.29 is 9.13 Å². The first kappa shape index (κ1) is 11.0. The molecule has 0 saturated carbocycles. The maximum Gasteiger partial charge on any atom is 0.217 e. The minimum atomic E-state index is -0.539. The Morgan fingerprint density at radius 2 is 2.22 bits per heavy atom. The monoisotopic (exact) mass is 245 g/mol. The minimum absolute atomic E-state index is 0.0560. The molecule has 0 aliphatic carbocycles. The first-order chi connectivity index (χ1) is 8.81. The molecule has 0 saturated heterocycles. The Kier molecular flexibility index (Phi) is 2.80. The molecule has 2 heterocycles. The molecule has 0 amide bonds. The number of rotatable bonds is 3. The number of nitrogens with one attached hydrogen (secondary N) is 1. The Hall–Kier alpha value is -2.17. The molecule has 1 N–H and O–H groups in total. The fraction of sp³-hybridized carbons (Fsp3) is 0.231. The molecule has 1 aliphatic rings. The standard InChI is InChI=1S/C13H12FN3O/c14-12-6-13(17-8-16-12)15-7-10-5-9-3-1-2-4-11(9)18-10/h1-4,6,8,10H,5,7H2,(H,15,16,17). The molecule has 0 fully saturated rings. The number of ether oxygens (including phenoxy) is 1. The number of hydrogen-bond acceptors (Lipinski definition) is 4. The summed E-state index contributed by atoms with van der Waals surface area (Å²) in [6, 6.07) is 9.23. The van der Waals surface area contributed by atoms with Crippen LogP contribution in [-0.2, 0) is 6.42 Å². The smallest absolute Gasteiger partial charge is 0.217 e. The highest BCUT2D eigenvalue weighted by Gasteiger charge is 2.21. The summed E-state index contributed by atoms with van der Waals surface area (Å²) in [5, 5.41) is 3.05. The normalized spacial score (nSPS) is 17.1. The topological polar surface area (TPSA) is 47.0 Å². The number of benzene rings is 1. The maximum absolute atomic E-state index is 12.9. The van der Waals surface area contributed by atoms with Gasteiger partial charge in [-0.2, -0.15) is 4.39 Å². The fourth-order valence-corrected chi connectivity index (χ4v) is 2.02. The highest BCUT2D eigenvalue weighted by Crippen LogP contribution is 2.28. The van der Waals surface area contributed by atoms with E-state index in [1.165, 1.54) is 18.0 Å². The van der Waals surface area contributed by atoms with E-state index in [-0.39, 0.29) is 6.10 Å². The van der Waals surface area contributed by atoms with Crippen LogP contribution in [-0.4, -0.2) is 22.6 Å². The fourth-order valence-electron chi connectivity index (χ4n) is 2.02. The number of halogens is 1. The molecule has 5 heteroatoms. The second-order valence-electron chi connectivity index (χ2n) is 4.16. The third-order valence-corrected chi connectivity index (χ3v) is 2.86. The number of fused-ring (bicyclic) bond motifs is 1. The molecular formula is C13H12FN3O. The van der Waals surface area contributed by atoms with Crippen LogP contribution >= 0.6 is 0 Å². The zero-order valence-electron chi connectivity index (χ0n) is 9.64. The molecule has 0 radical (unpaired) electrons. The Bertz CT molecular complexity index is 536. The van der Waals surface area contributed by atoms with E-state index >= 15 is 0 Å². The van der Waals surface area contributed by atoms with Crippen molar-refractivity contribution in [3.05, 3.63) is 48.2 Å². The van der Waals surface area contributed by atoms with Gasteiger partial charge in [-0.25, -0.2) is 9.97 Å². The van der Waals surface area contributed by atoms with Crippen LogP contribution in [0.5, 0.6) is 5.75 Å². The molecular weight excluding hydrogens is 233 g/mol. The van der Waals surface area contributed by atoms with E-state index in [1.807, 2.05) is 18.2 Å². The van der Waals surface area contributed by atoms with Crippen molar-refractivity contribution in [2.75, 3.05) is 11.9 Å². The Morgan fingerprint density at radius 3 is 3.06 bits per heavy atom. The third kappa shape index (κ3) is 2.25. The van der Waals surface area contributed by atoms with Gasteiger partial charge in [0.15, 0.2) is 0 Å². The van der Waals surface area contributed by atoms with E-state index in [4.69, 9.17) is 4.74 Å². The van der Waals surface area contributed by atoms with Gasteiger partial charge in [0.1, 0.15) is 24.0 Å². The summed E-state index contributed by atoms with van der Waals surface area (Å²) in [7, 11) is 0. The van der Waals surface area contributed by atoms with Crippen LogP contribution in [0.3, 0.4) is 0 Å². The van der Waals surface area contributed by atoms with Gasteiger partial charge in [-0.1, -0.05) is 18.2 Å². The van der Waals surface area contributed by atoms with Crippen LogP contribution in [0.25, 0.3) is 0 Å².